The van der Waals surface area contributed by atoms with Crippen LogP contribution in [0.25, 0.3) is 16.9 Å². The SMILES string of the molecule is COc1ccc(F)c(-c2c(C)nc(Cl)n2-c2ccc(F)cc2)c1F. The molecule has 0 fully saturated rings. The van der Waals surface area contributed by atoms with Gasteiger partial charge < -0.3 is 4.74 Å². The van der Waals surface area contributed by atoms with Gasteiger partial charge >= 0.3 is 0 Å². The monoisotopic (exact) mass is 352 g/mol. The molecular weight excluding hydrogens is 341 g/mol. The Labute approximate surface area is 141 Å². The minimum Gasteiger partial charge on any atom is -0.494 e. The highest BCUT2D eigenvalue weighted by Crippen LogP contribution is 2.36. The second-order valence-electron chi connectivity index (χ2n) is 5.07. The van der Waals surface area contributed by atoms with E-state index in [9.17, 15) is 13.2 Å². The minimum absolute atomic E-state index is 0.00993. The quantitative estimate of drug-likeness (QED) is 0.668. The van der Waals surface area contributed by atoms with E-state index in [1.807, 2.05) is 0 Å². The van der Waals surface area contributed by atoms with Gasteiger partial charge in [0.05, 0.1) is 24.1 Å². The zero-order valence-electron chi connectivity index (χ0n) is 12.8. The van der Waals surface area contributed by atoms with Crippen molar-refractivity contribution in [2.75, 3.05) is 7.11 Å². The van der Waals surface area contributed by atoms with Crippen LogP contribution in [0.4, 0.5) is 13.2 Å². The number of hydrogen-bond acceptors (Lipinski definition) is 2. The van der Waals surface area contributed by atoms with Gasteiger partial charge in [0.1, 0.15) is 11.6 Å². The van der Waals surface area contributed by atoms with E-state index >= 15 is 0 Å². The molecule has 0 saturated heterocycles. The van der Waals surface area contributed by atoms with Crippen LogP contribution in [0.3, 0.4) is 0 Å². The van der Waals surface area contributed by atoms with Crippen LogP contribution in [-0.4, -0.2) is 16.7 Å². The summed E-state index contributed by atoms with van der Waals surface area (Å²) in [7, 11) is 1.29. The van der Waals surface area contributed by atoms with Gasteiger partial charge in [-0.2, -0.15) is 0 Å². The van der Waals surface area contributed by atoms with Crippen LogP contribution in [0.1, 0.15) is 5.69 Å². The average molecular weight is 353 g/mol. The number of hydrogen-bond donors (Lipinski definition) is 0. The molecule has 0 unspecified atom stereocenters. The lowest BCUT2D eigenvalue weighted by molar-refractivity contribution is 0.385. The van der Waals surface area contributed by atoms with Gasteiger partial charge in [0.2, 0.25) is 5.28 Å². The fraction of sp³-hybridized carbons (Fsp3) is 0.118. The van der Waals surface area contributed by atoms with Gasteiger partial charge in [-0.1, -0.05) is 0 Å². The summed E-state index contributed by atoms with van der Waals surface area (Å²) in [5.41, 5.74) is 0.588. The summed E-state index contributed by atoms with van der Waals surface area (Å²) in [4.78, 5) is 4.08. The number of imidazole rings is 1. The third-order valence-corrected chi connectivity index (χ3v) is 3.86. The van der Waals surface area contributed by atoms with Crippen LogP contribution in [0.2, 0.25) is 5.28 Å². The fourth-order valence-corrected chi connectivity index (χ4v) is 2.83. The minimum atomic E-state index is -0.861. The van der Waals surface area contributed by atoms with E-state index in [0.717, 1.165) is 6.07 Å². The summed E-state index contributed by atoms with van der Waals surface area (Å²) in [6.07, 6.45) is 0. The molecule has 2 aromatic carbocycles. The summed E-state index contributed by atoms with van der Waals surface area (Å²) < 4.78 is 48.5. The summed E-state index contributed by atoms with van der Waals surface area (Å²) in [5.74, 6) is -2.18. The van der Waals surface area contributed by atoms with Gasteiger partial charge in [0, 0.05) is 5.69 Å². The zero-order valence-corrected chi connectivity index (χ0v) is 13.5. The third-order valence-electron chi connectivity index (χ3n) is 3.61. The number of rotatable bonds is 3. The van der Waals surface area contributed by atoms with E-state index in [-0.39, 0.29) is 22.3 Å². The Morgan fingerprint density at radius 3 is 2.33 bits per heavy atom. The third kappa shape index (κ3) is 2.63. The number of aryl methyl sites for hydroxylation is 1. The first-order valence-corrected chi connectivity index (χ1v) is 7.35. The van der Waals surface area contributed by atoms with Crippen molar-refractivity contribution in [3.8, 4) is 22.7 Å². The summed E-state index contributed by atoms with van der Waals surface area (Å²) in [5, 5.41) is 0.00993. The Morgan fingerprint density at radius 2 is 1.71 bits per heavy atom. The second kappa shape index (κ2) is 6.20. The second-order valence-corrected chi connectivity index (χ2v) is 5.40. The van der Waals surface area contributed by atoms with Crippen LogP contribution in [0.5, 0.6) is 5.75 Å². The maximum atomic E-state index is 14.7. The molecule has 0 atom stereocenters. The molecule has 3 aromatic rings. The van der Waals surface area contributed by atoms with Gasteiger partial charge in [0.25, 0.3) is 0 Å². The van der Waals surface area contributed by atoms with Crippen molar-refractivity contribution in [2.45, 2.75) is 6.92 Å². The van der Waals surface area contributed by atoms with E-state index in [4.69, 9.17) is 16.3 Å². The van der Waals surface area contributed by atoms with Gasteiger partial charge in [-0.15, -0.1) is 0 Å². The number of aromatic nitrogens is 2. The van der Waals surface area contributed by atoms with Crippen molar-refractivity contribution in [2.24, 2.45) is 0 Å². The van der Waals surface area contributed by atoms with E-state index in [0.29, 0.717) is 11.4 Å². The molecule has 1 aromatic heterocycles. The first kappa shape index (κ1) is 16.4. The lowest BCUT2D eigenvalue weighted by Crippen LogP contribution is -2.03. The van der Waals surface area contributed by atoms with Crippen LogP contribution in [0.15, 0.2) is 36.4 Å². The normalized spacial score (nSPS) is 10.9. The van der Waals surface area contributed by atoms with Crippen molar-refractivity contribution in [1.82, 2.24) is 9.55 Å². The van der Waals surface area contributed by atoms with Gasteiger partial charge in [-0.3, -0.25) is 4.57 Å². The number of nitrogens with zero attached hydrogens (tertiary/aromatic N) is 2. The number of halogens is 4. The van der Waals surface area contributed by atoms with E-state index in [2.05, 4.69) is 4.98 Å². The molecular formula is C17H12ClF3N2O. The Morgan fingerprint density at radius 1 is 1.04 bits per heavy atom. The van der Waals surface area contributed by atoms with Crippen molar-refractivity contribution in [3.63, 3.8) is 0 Å². The Kier molecular flexibility index (Phi) is 4.24. The molecule has 0 spiro atoms. The van der Waals surface area contributed by atoms with Gasteiger partial charge in [-0.05, 0) is 54.9 Å². The Balaban J connectivity index is 2.33. The highest BCUT2D eigenvalue weighted by atomic mass is 35.5. The van der Waals surface area contributed by atoms with Crippen molar-refractivity contribution >= 4 is 11.6 Å². The van der Waals surface area contributed by atoms with E-state index in [1.165, 1.54) is 42.0 Å². The first-order valence-electron chi connectivity index (χ1n) is 6.97. The first-order chi connectivity index (χ1) is 11.4. The summed E-state index contributed by atoms with van der Waals surface area (Å²) in [6, 6.07) is 7.64. The van der Waals surface area contributed by atoms with Crippen LogP contribution in [-0.2, 0) is 0 Å². The summed E-state index contributed by atoms with van der Waals surface area (Å²) in [6.45, 7) is 1.58. The molecule has 0 aliphatic heterocycles. The van der Waals surface area contributed by atoms with Crippen molar-refractivity contribution < 1.29 is 17.9 Å². The van der Waals surface area contributed by atoms with Crippen LogP contribution >= 0.6 is 11.6 Å². The largest absolute Gasteiger partial charge is 0.494 e. The predicted octanol–water partition coefficient (Wildman–Crippen LogP) is 4.93. The van der Waals surface area contributed by atoms with Crippen molar-refractivity contribution in [1.29, 1.82) is 0 Å². The topological polar surface area (TPSA) is 27.1 Å². The van der Waals surface area contributed by atoms with Gasteiger partial charge in [-0.25, -0.2) is 18.2 Å². The van der Waals surface area contributed by atoms with E-state index < -0.39 is 17.5 Å². The Hall–Kier alpha value is -2.47. The number of ether oxygens (including phenoxy) is 1. The van der Waals surface area contributed by atoms with Crippen LogP contribution < -0.4 is 4.74 Å². The maximum Gasteiger partial charge on any atom is 0.208 e. The highest BCUT2D eigenvalue weighted by molar-refractivity contribution is 6.29. The van der Waals surface area contributed by atoms with Crippen LogP contribution in [0, 0.1) is 24.4 Å². The molecule has 7 heteroatoms. The molecule has 0 radical (unpaired) electrons. The fourth-order valence-electron chi connectivity index (χ4n) is 2.52. The molecule has 3 nitrogen and oxygen atoms in total. The number of benzene rings is 2. The zero-order chi connectivity index (χ0) is 17.4. The predicted molar refractivity (Wildman–Crippen MR) is 85.2 cm³/mol. The molecule has 24 heavy (non-hydrogen) atoms. The molecule has 0 aliphatic rings. The highest BCUT2D eigenvalue weighted by Gasteiger charge is 2.24. The smallest absolute Gasteiger partial charge is 0.208 e. The molecule has 0 bridgehead atoms. The lowest BCUT2D eigenvalue weighted by atomic mass is 10.1. The molecule has 0 N–H and O–H groups in total. The number of methoxy groups -OCH3 is 1. The molecule has 1 heterocycles. The Bertz CT molecular complexity index is 907. The maximum absolute atomic E-state index is 14.7. The molecule has 124 valence electrons. The molecule has 0 aliphatic carbocycles. The summed E-state index contributed by atoms with van der Waals surface area (Å²) >= 11 is 6.13. The standard InChI is InChI=1S/C17H12ClF3N2O/c1-9-16(14-12(20)7-8-13(24-2)15(14)21)23(17(18)22-9)11-5-3-10(19)4-6-11/h3-8H,1-2H3. The molecule has 0 saturated carbocycles. The molecule has 0 amide bonds. The lowest BCUT2D eigenvalue weighted by Gasteiger charge is -2.13. The molecule has 3 rings (SSSR count). The average Bonchev–Trinajstić information content (AvgIpc) is 2.83. The van der Waals surface area contributed by atoms with E-state index in [1.54, 1.807) is 6.92 Å². The van der Waals surface area contributed by atoms with Gasteiger partial charge in [0.15, 0.2) is 11.6 Å². The van der Waals surface area contributed by atoms with Crippen molar-refractivity contribution in [3.05, 3.63) is 64.8 Å².